The van der Waals surface area contributed by atoms with Crippen LogP contribution in [0.1, 0.15) is 39.0 Å². The highest BCUT2D eigenvalue weighted by molar-refractivity contribution is 6.16. The van der Waals surface area contributed by atoms with Crippen molar-refractivity contribution in [3.8, 4) is 0 Å². The molecule has 0 aromatic heterocycles. The van der Waals surface area contributed by atoms with Gasteiger partial charge >= 0.3 is 11.9 Å². The lowest BCUT2D eigenvalue weighted by Crippen LogP contribution is -2.37. The van der Waals surface area contributed by atoms with Crippen molar-refractivity contribution < 1.29 is 19.1 Å². The largest absolute Gasteiger partial charge is 0.462 e. The lowest BCUT2D eigenvalue weighted by molar-refractivity contribution is -0.152. The van der Waals surface area contributed by atoms with E-state index in [9.17, 15) is 9.59 Å². The Kier molecular flexibility index (Phi) is 3.09. The Morgan fingerprint density at radius 1 is 1.41 bits per heavy atom. The summed E-state index contributed by atoms with van der Waals surface area (Å²) in [5, 5.41) is 0. The minimum absolute atomic E-state index is 0.103. The number of carbonyl (C=O) groups is 2. The number of carbonyl (C=O) groups excluding carboxylic acids is 2. The number of hydrogen-bond donors (Lipinski definition) is 1. The molecule has 2 aliphatic rings. The Bertz CT molecular complexity index is 380. The third-order valence-electron chi connectivity index (χ3n) is 3.39. The molecule has 17 heavy (non-hydrogen) atoms. The lowest BCUT2D eigenvalue weighted by Gasteiger charge is -2.32. The van der Waals surface area contributed by atoms with Crippen LogP contribution in [0.3, 0.4) is 0 Å². The average molecular weight is 239 g/mol. The van der Waals surface area contributed by atoms with Gasteiger partial charge in [-0.3, -0.25) is 0 Å². The molecule has 0 saturated heterocycles. The average Bonchev–Trinajstić information content (AvgIpc) is 2.52. The van der Waals surface area contributed by atoms with Gasteiger partial charge in [-0.25, -0.2) is 9.59 Å². The minimum Gasteiger partial charge on any atom is -0.462 e. The molecule has 1 fully saturated rings. The maximum Gasteiger partial charge on any atom is 0.348 e. The van der Waals surface area contributed by atoms with Crippen molar-refractivity contribution in [3.63, 3.8) is 0 Å². The van der Waals surface area contributed by atoms with Gasteiger partial charge in [0.15, 0.2) is 11.2 Å². The predicted molar refractivity (Wildman–Crippen MR) is 59.8 cm³/mol. The molecule has 5 nitrogen and oxygen atoms in total. The predicted octanol–water partition coefficient (Wildman–Crippen LogP) is 1.02. The SMILES string of the molecule is CCOC(=O)C1=C(N)C2(CCCCC2)OC1=O. The highest BCUT2D eigenvalue weighted by Crippen LogP contribution is 2.41. The van der Waals surface area contributed by atoms with E-state index in [0.717, 1.165) is 19.3 Å². The molecule has 1 heterocycles. The smallest absolute Gasteiger partial charge is 0.348 e. The molecule has 1 aliphatic heterocycles. The summed E-state index contributed by atoms with van der Waals surface area (Å²) in [7, 11) is 0. The van der Waals surface area contributed by atoms with E-state index < -0.39 is 17.5 Å². The van der Waals surface area contributed by atoms with Gasteiger partial charge in [0.05, 0.1) is 12.3 Å². The number of ether oxygens (including phenoxy) is 2. The van der Waals surface area contributed by atoms with Crippen molar-refractivity contribution in [1.29, 1.82) is 0 Å². The second-order valence-corrected chi connectivity index (χ2v) is 4.45. The van der Waals surface area contributed by atoms with Gasteiger partial charge in [0.2, 0.25) is 0 Å². The molecule has 2 rings (SSSR count). The van der Waals surface area contributed by atoms with Gasteiger partial charge in [0, 0.05) is 0 Å². The number of esters is 2. The Hall–Kier alpha value is -1.52. The fraction of sp³-hybridized carbons (Fsp3) is 0.667. The number of hydrogen-bond acceptors (Lipinski definition) is 5. The van der Waals surface area contributed by atoms with Crippen LogP contribution in [-0.4, -0.2) is 24.1 Å². The van der Waals surface area contributed by atoms with Crippen molar-refractivity contribution in [2.24, 2.45) is 5.73 Å². The van der Waals surface area contributed by atoms with E-state index in [1.807, 2.05) is 0 Å². The van der Waals surface area contributed by atoms with E-state index >= 15 is 0 Å². The fourth-order valence-corrected chi connectivity index (χ4v) is 2.51. The molecular formula is C12H17NO4. The molecule has 0 radical (unpaired) electrons. The van der Waals surface area contributed by atoms with Gasteiger partial charge in [-0.2, -0.15) is 0 Å². The van der Waals surface area contributed by atoms with Crippen LogP contribution in [0, 0.1) is 0 Å². The minimum atomic E-state index is -0.739. The first-order chi connectivity index (χ1) is 8.10. The Morgan fingerprint density at radius 2 is 2.06 bits per heavy atom. The molecule has 94 valence electrons. The van der Waals surface area contributed by atoms with Gasteiger partial charge in [-0.1, -0.05) is 6.42 Å². The van der Waals surface area contributed by atoms with Crippen LogP contribution in [0.15, 0.2) is 11.3 Å². The Morgan fingerprint density at radius 3 is 2.65 bits per heavy atom. The van der Waals surface area contributed by atoms with Gasteiger partial charge in [0.1, 0.15) is 0 Å². The molecule has 5 heteroatoms. The molecule has 2 N–H and O–H groups in total. The van der Waals surface area contributed by atoms with Crippen LogP contribution in [-0.2, 0) is 19.1 Å². The third kappa shape index (κ3) is 1.90. The Labute approximate surface area is 99.9 Å². The van der Waals surface area contributed by atoms with Crippen LogP contribution in [0.5, 0.6) is 0 Å². The molecule has 0 aromatic rings. The monoisotopic (exact) mass is 239 g/mol. The van der Waals surface area contributed by atoms with Crippen molar-refractivity contribution in [2.45, 2.75) is 44.6 Å². The normalized spacial score (nSPS) is 22.8. The molecular weight excluding hydrogens is 222 g/mol. The molecule has 0 aromatic carbocycles. The highest BCUT2D eigenvalue weighted by atomic mass is 16.6. The maximum atomic E-state index is 11.7. The molecule has 1 aliphatic carbocycles. The summed E-state index contributed by atoms with van der Waals surface area (Å²) in [5.41, 5.74) is 5.37. The first-order valence-electron chi connectivity index (χ1n) is 6.01. The van der Waals surface area contributed by atoms with E-state index in [0.29, 0.717) is 12.8 Å². The maximum absolute atomic E-state index is 11.7. The zero-order chi connectivity index (χ0) is 12.5. The van der Waals surface area contributed by atoms with Crippen LogP contribution < -0.4 is 5.73 Å². The fourth-order valence-electron chi connectivity index (χ4n) is 2.51. The van der Waals surface area contributed by atoms with Gasteiger partial charge in [0.25, 0.3) is 0 Å². The van der Waals surface area contributed by atoms with Gasteiger partial charge in [-0.05, 0) is 32.6 Å². The summed E-state index contributed by atoms with van der Waals surface area (Å²) in [6.07, 6.45) is 4.44. The van der Waals surface area contributed by atoms with E-state index in [1.54, 1.807) is 6.92 Å². The topological polar surface area (TPSA) is 78.6 Å². The standard InChI is InChI=1S/C12H17NO4/c1-2-16-10(14)8-9(13)12(17-11(8)15)6-4-3-5-7-12/h2-7,13H2,1H3. The van der Waals surface area contributed by atoms with E-state index in [4.69, 9.17) is 15.2 Å². The van der Waals surface area contributed by atoms with Crippen molar-refractivity contribution in [1.82, 2.24) is 0 Å². The first kappa shape index (κ1) is 12.0. The van der Waals surface area contributed by atoms with E-state index in [-0.39, 0.29) is 17.9 Å². The zero-order valence-electron chi connectivity index (χ0n) is 9.95. The molecule has 0 amide bonds. The summed E-state index contributed by atoms with van der Waals surface area (Å²) in [6, 6.07) is 0. The molecule has 1 spiro atoms. The summed E-state index contributed by atoms with van der Waals surface area (Å²) in [6.45, 7) is 1.90. The second-order valence-electron chi connectivity index (χ2n) is 4.45. The summed E-state index contributed by atoms with van der Waals surface area (Å²) < 4.78 is 10.2. The van der Waals surface area contributed by atoms with Crippen LogP contribution >= 0.6 is 0 Å². The van der Waals surface area contributed by atoms with Gasteiger partial charge in [-0.15, -0.1) is 0 Å². The quantitative estimate of drug-likeness (QED) is 0.575. The highest BCUT2D eigenvalue weighted by Gasteiger charge is 2.49. The van der Waals surface area contributed by atoms with Crippen molar-refractivity contribution in [3.05, 3.63) is 11.3 Å². The first-order valence-corrected chi connectivity index (χ1v) is 6.01. The number of rotatable bonds is 2. The van der Waals surface area contributed by atoms with E-state index in [2.05, 4.69) is 0 Å². The lowest BCUT2D eigenvalue weighted by atomic mass is 9.82. The summed E-state index contributed by atoms with van der Waals surface area (Å²) in [4.78, 5) is 23.3. The second kappa shape index (κ2) is 4.39. The van der Waals surface area contributed by atoms with Crippen LogP contribution in [0.4, 0.5) is 0 Å². The Balaban J connectivity index is 2.29. The molecule has 1 saturated carbocycles. The van der Waals surface area contributed by atoms with Crippen molar-refractivity contribution >= 4 is 11.9 Å². The van der Waals surface area contributed by atoms with Crippen LogP contribution in [0.2, 0.25) is 0 Å². The third-order valence-corrected chi connectivity index (χ3v) is 3.39. The summed E-state index contributed by atoms with van der Waals surface area (Å²) >= 11 is 0. The molecule has 0 atom stereocenters. The molecule has 0 bridgehead atoms. The van der Waals surface area contributed by atoms with Gasteiger partial charge < -0.3 is 15.2 Å². The zero-order valence-corrected chi connectivity index (χ0v) is 9.95. The summed E-state index contributed by atoms with van der Waals surface area (Å²) in [5.74, 6) is -1.31. The van der Waals surface area contributed by atoms with E-state index in [1.165, 1.54) is 0 Å². The van der Waals surface area contributed by atoms with Crippen LogP contribution in [0.25, 0.3) is 0 Å². The number of nitrogens with two attached hydrogens (primary N) is 1. The van der Waals surface area contributed by atoms with Crippen molar-refractivity contribution in [2.75, 3.05) is 6.61 Å². The molecule has 0 unspecified atom stereocenters.